The van der Waals surface area contributed by atoms with Crippen molar-refractivity contribution in [1.29, 1.82) is 0 Å². The van der Waals surface area contributed by atoms with Crippen LogP contribution in [-0.4, -0.2) is 17.8 Å². The van der Waals surface area contributed by atoms with E-state index in [1.165, 1.54) is 11.1 Å². The highest BCUT2D eigenvalue weighted by molar-refractivity contribution is 6.18. The van der Waals surface area contributed by atoms with Gasteiger partial charge in [0.1, 0.15) is 0 Å². The largest absolute Gasteiger partial charge is 0.351 e. The highest BCUT2D eigenvalue weighted by Crippen LogP contribution is 2.34. The third-order valence-corrected chi connectivity index (χ3v) is 3.80. The van der Waals surface area contributed by atoms with Crippen LogP contribution in [0, 0.1) is 5.92 Å². The van der Waals surface area contributed by atoms with E-state index in [-0.39, 0.29) is 17.9 Å². The molecule has 1 amide bonds. The summed E-state index contributed by atoms with van der Waals surface area (Å²) < 4.78 is 0. The fourth-order valence-corrected chi connectivity index (χ4v) is 2.59. The summed E-state index contributed by atoms with van der Waals surface area (Å²) in [4.78, 5) is 12.1. The zero-order valence-corrected chi connectivity index (χ0v) is 11.0. The quantitative estimate of drug-likeness (QED) is 0.820. The van der Waals surface area contributed by atoms with Crippen molar-refractivity contribution in [2.24, 2.45) is 5.92 Å². The summed E-state index contributed by atoms with van der Waals surface area (Å²) in [5, 5.41) is 3.04. The van der Waals surface area contributed by atoms with Gasteiger partial charge in [0.2, 0.25) is 5.91 Å². The van der Waals surface area contributed by atoms with Gasteiger partial charge in [0.05, 0.1) is 5.92 Å². The van der Waals surface area contributed by atoms with Gasteiger partial charge in [0.15, 0.2) is 0 Å². The summed E-state index contributed by atoms with van der Waals surface area (Å²) in [7, 11) is 0. The lowest BCUT2D eigenvalue weighted by Gasteiger charge is -2.31. The highest BCUT2D eigenvalue weighted by atomic mass is 35.5. The molecular formula is C14H18ClNO. The van der Waals surface area contributed by atoms with Crippen molar-refractivity contribution in [2.45, 2.75) is 32.2 Å². The third-order valence-electron chi connectivity index (χ3n) is 3.47. The Bertz CT molecular complexity index is 416. The van der Waals surface area contributed by atoms with E-state index in [1.54, 1.807) is 0 Å². The molecule has 0 radical (unpaired) electrons. The van der Waals surface area contributed by atoms with Crippen molar-refractivity contribution >= 4 is 17.5 Å². The number of carbonyl (C=O) groups is 1. The number of benzene rings is 1. The summed E-state index contributed by atoms with van der Waals surface area (Å²) in [6, 6.07) is 8.19. The molecule has 1 aromatic rings. The van der Waals surface area contributed by atoms with Crippen molar-refractivity contribution < 1.29 is 4.79 Å². The van der Waals surface area contributed by atoms with Gasteiger partial charge in [-0.3, -0.25) is 4.79 Å². The first-order valence-electron chi connectivity index (χ1n) is 6.07. The summed E-state index contributed by atoms with van der Waals surface area (Å²) in [6.45, 7) is 4.14. The molecule has 1 aromatic carbocycles. The maximum Gasteiger partial charge on any atom is 0.228 e. The molecule has 1 N–H and O–H groups in total. The summed E-state index contributed by atoms with van der Waals surface area (Å²) in [5.74, 6) is 0.975. The molecule has 2 nitrogen and oxygen atoms in total. The maximum atomic E-state index is 12.1. The minimum Gasteiger partial charge on any atom is -0.351 e. The van der Waals surface area contributed by atoms with Crippen molar-refractivity contribution in [3.8, 4) is 0 Å². The van der Waals surface area contributed by atoms with Crippen molar-refractivity contribution in [2.75, 3.05) is 5.88 Å². The number of amides is 1. The molecule has 0 bridgehead atoms. The molecule has 2 unspecified atom stereocenters. The number of hydrogen-bond donors (Lipinski definition) is 1. The van der Waals surface area contributed by atoms with Crippen LogP contribution in [0.15, 0.2) is 24.3 Å². The van der Waals surface area contributed by atoms with Crippen LogP contribution in [0.2, 0.25) is 0 Å². The van der Waals surface area contributed by atoms with E-state index in [2.05, 4.69) is 25.2 Å². The first kappa shape index (κ1) is 12.4. The topological polar surface area (TPSA) is 29.1 Å². The van der Waals surface area contributed by atoms with E-state index < -0.39 is 0 Å². The van der Waals surface area contributed by atoms with Gasteiger partial charge >= 0.3 is 0 Å². The number of nitrogens with one attached hydrogen (secondary N) is 1. The number of rotatable bonds is 4. The van der Waals surface area contributed by atoms with Crippen molar-refractivity contribution in [1.82, 2.24) is 5.32 Å². The Balaban J connectivity index is 2.00. The minimum absolute atomic E-state index is 0.0238. The summed E-state index contributed by atoms with van der Waals surface area (Å²) >= 11 is 5.86. The number of hydrogen-bond acceptors (Lipinski definition) is 1. The monoisotopic (exact) mass is 251 g/mol. The second-order valence-corrected chi connectivity index (χ2v) is 5.28. The van der Waals surface area contributed by atoms with Crippen LogP contribution in [0.5, 0.6) is 0 Å². The molecule has 0 heterocycles. The highest BCUT2D eigenvalue weighted by Gasteiger charge is 2.32. The van der Waals surface area contributed by atoms with Gasteiger partial charge in [-0.1, -0.05) is 38.1 Å². The predicted molar refractivity (Wildman–Crippen MR) is 70.4 cm³/mol. The fraction of sp³-hybridized carbons (Fsp3) is 0.500. The Morgan fingerprint density at radius 3 is 2.76 bits per heavy atom. The van der Waals surface area contributed by atoms with Crippen LogP contribution in [0.1, 0.15) is 30.9 Å². The van der Waals surface area contributed by atoms with Crippen LogP contribution in [0.25, 0.3) is 0 Å². The van der Waals surface area contributed by atoms with Gasteiger partial charge in [0, 0.05) is 11.9 Å². The van der Waals surface area contributed by atoms with E-state index in [0.29, 0.717) is 11.8 Å². The normalized spacial score (nSPS) is 19.4. The maximum absolute atomic E-state index is 12.1. The Morgan fingerprint density at radius 1 is 1.47 bits per heavy atom. The van der Waals surface area contributed by atoms with Crippen LogP contribution >= 0.6 is 11.6 Å². The lowest BCUT2D eigenvalue weighted by atomic mass is 9.77. The van der Waals surface area contributed by atoms with Crippen LogP contribution in [0.4, 0.5) is 0 Å². The minimum atomic E-state index is 0.0238. The second-order valence-electron chi connectivity index (χ2n) is 4.97. The van der Waals surface area contributed by atoms with E-state index in [0.717, 1.165) is 6.42 Å². The number of carbonyl (C=O) groups excluding carboxylic acids is 1. The Hall–Kier alpha value is -1.02. The molecule has 0 aliphatic heterocycles. The van der Waals surface area contributed by atoms with Crippen LogP contribution in [0.3, 0.4) is 0 Å². The van der Waals surface area contributed by atoms with Crippen molar-refractivity contribution in [3.63, 3.8) is 0 Å². The molecule has 1 aliphatic carbocycles. The molecule has 92 valence electrons. The zero-order valence-electron chi connectivity index (χ0n) is 10.2. The molecule has 0 aromatic heterocycles. The number of fused-ring (bicyclic) bond motifs is 1. The standard InChI is InChI=1S/C14H18ClNO/c1-9(2)13(8-15)16-14(17)12-7-10-5-3-4-6-11(10)12/h3-6,9,12-13H,7-8H2,1-2H3,(H,16,17). The fourth-order valence-electron chi connectivity index (χ4n) is 2.16. The smallest absolute Gasteiger partial charge is 0.228 e. The van der Waals surface area contributed by atoms with Gasteiger partial charge in [0.25, 0.3) is 0 Å². The Kier molecular flexibility index (Phi) is 3.72. The molecule has 0 saturated carbocycles. The lowest BCUT2D eigenvalue weighted by Crippen LogP contribution is -2.44. The first-order valence-corrected chi connectivity index (χ1v) is 6.61. The van der Waals surface area contributed by atoms with Gasteiger partial charge < -0.3 is 5.32 Å². The molecule has 0 spiro atoms. The molecule has 1 aliphatic rings. The van der Waals surface area contributed by atoms with Gasteiger partial charge in [-0.25, -0.2) is 0 Å². The Morgan fingerprint density at radius 2 is 2.18 bits per heavy atom. The predicted octanol–water partition coefficient (Wildman–Crippen LogP) is 2.71. The first-order chi connectivity index (χ1) is 8.13. The van der Waals surface area contributed by atoms with Crippen LogP contribution in [-0.2, 0) is 11.2 Å². The summed E-state index contributed by atoms with van der Waals surface area (Å²) in [6.07, 6.45) is 0.856. The van der Waals surface area contributed by atoms with Gasteiger partial charge in [-0.2, -0.15) is 0 Å². The zero-order chi connectivity index (χ0) is 12.4. The van der Waals surface area contributed by atoms with E-state index in [1.807, 2.05) is 18.2 Å². The molecule has 3 heteroatoms. The lowest BCUT2D eigenvalue weighted by molar-refractivity contribution is -0.123. The van der Waals surface area contributed by atoms with Crippen LogP contribution < -0.4 is 5.32 Å². The number of alkyl halides is 1. The molecular weight excluding hydrogens is 234 g/mol. The Labute approximate surface area is 107 Å². The molecule has 17 heavy (non-hydrogen) atoms. The molecule has 2 rings (SSSR count). The average Bonchev–Trinajstić information content (AvgIpc) is 2.27. The van der Waals surface area contributed by atoms with E-state index >= 15 is 0 Å². The SMILES string of the molecule is CC(C)C(CCl)NC(=O)C1Cc2ccccc21. The second kappa shape index (κ2) is 5.09. The van der Waals surface area contributed by atoms with Crippen molar-refractivity contribution in [3.05, 3.63) is 35.4 Å². The van der Waals surface area contributed by atoms with E-state index in [4.69, 9.17) is 11.6 Å². The summed E-state index contributed by atoms with van der Waals surface area (Å²) in [5.41, 5.74) is 2.46. The van der Waals surface area contributed by atoms with Gasteiger partial charge in [-0.15, -0.1) is 11.6 Å². The molecule has 2 atom stereocenters. The van der Waals surface area contributed by atoms with E-state index in [9.17, 15) is 4.79 Å². The third kappa shape index (κ3) is 2.47. The number of halogens is 1. The molecule has 0 fully saturated rings. The van der Waals surface area contributed by atoms with Gasteiger partial charge in [-0.05, 0) is 23.5 Å². The average molecular weight is 252 g/mol. The molecule has 0 saturated heterocycles.